The van der Waals surface area contributed by atoms with Crippen molar-refractivity contribution in [3.8, 4) is 0 Å². The van der Waals surface area contributed by atoms with Crippen LogP contribution in [-0.2, 0) is 20.7 Å². The molecule has 4 nitrogen and oxygen atoms in total. The van der Waals surface area contributed by atoms with Gasteiger partial charge in [0, 0.05) is 18.5 Å². The zero-order valence-electron chi connectivity index (χ0n) is 12.1. The van der Waals surface area contributed by atoms with E-state index in [1.165, 1.54) is 6.92 Å². The molecule has 0 unspecified atom stereocenters. The first-order valence-corrected chi connectivity index (χ1v) is 7.20. The number of allylic oxidation sites excluding steroid dienone is 1. The van der Waals surface area contributed by atoms with Crippen LogP contribution in [0, 0.1) is 11.3 Å². The average molecular weight is 285 g/mol. The molecule has 110 valence electrons. The lowest BCUT2D eigenvalue weighted by molar-refractivity contribution is -0.146. The zero-order valence-corrected chi connectivity index (χ0v) is 12.1. The van der Waals surface area contributed by atoms with Gasteiger partial charge in [0.25, 0.3) is 0 Å². The highest BCUT2D eigenvalue weighted by molar-refractivity contribution is 5.88. The van der Waals surface area contributed by atoms with E-state index in [1.54, 1.807) is 0 Å². The Morgan fingerprint density at radius 3 is 2.81 bits per heavy atom. The Morgan fingerprint density at radius 2 is 2.14 bits per heavy atom. The number of cyclic esters (lactones) is 1. The first-order chi connectivity index (χ1) is 9.99. The highest BCUT2D eigenvalue weighted by atomic mass is 16.5. The predicted molar refractivity (Wildman–Crippen MR) is 79.7 cm³/mol. The number of nitrogens with one attached hydrogen (secondary N) is 1. The molecule has 1 heterocycles. The SMILES string of the molecule is C=C1C[C@@H]2COC(=O)[C@]2(Cc2ccc(NC(C)=O)cc2)C1. The Labute approximate surface area is 124 Å². The number of rotatable bonds is 3. The number of carbonyl (C=O) groups excluding carboxylic acids is 2. The molecule has 2 aliphatic rings. The minimum atomic E-state index is -0.424. The fraction of sp³-hybridized carbons (Fsp3) is 0.412. The monoisotopic (exact) mass is 285 g/mol. The van der Waals surface area contributed by atoms with E-state index in [-0.39, 0.29) is 17.8 Å². The van der Waals surface area contributed by atoms with E-state index in [4.69, 9.17) is 4.74 Å². The number of amides is 1. The molecule has 1 aromatic carbocycles. The van der Waals surface area contributed by atoms with Crippen molar-refractivity contribution in [3.63, 3.8) is 0 Å². The molecule has 2 atom stereocenters. The summed E-state index contributed by atoms with van der Waals surface area (Å²) in [7, 11) is 0. The quantitative estimate of drug-likeness (QED) is 0.686. The van der Waals surface area contributed by atoms with Gasteiger partial charge in [-0.2, -0.15) is 0 Å². The summed E-state index contributed by atoms with van der Waals surface area (Å²) in [6, 6.07) is 7.66. The van der Waals surface area contributed by atoms with Crippen LogP contribution in [0.5, 0.6) is 0 Å². The van der Waals surface area contributed by atoms with Gasteiger partial charge in [0.2, 0.25) is 5.91 Å². The molecule has 1 amide bonds. The second-order valence-electron chi connectivity index (χ2n) is 6.14. The number of hydrogen-bond acceptors (Lipinski definition) is 3. The number of fused-ring (bicyclic) bond motifs is 1. The number of anilines is 1. The van der Waals surface area contributed by atoms with E-state index >= 15 is 0 Å². The largest absolute Gasteiger partial charge is 0.465 e. The number of ether oxygens (including phenoxy) is 1. The van der Waals surface area contributed by atoms with E-state index in [0.29, 0.717) is 13.0 Å². The standard InChI is InChI=1S/C17H19NO3/c1-11-7-14-10-21-16(20)17(14,8-11)9-13-3-5-15(6-4-13)18-12(2)19/h3-6,14H,1,7-10H2,2H3,(H,18,19)/t14-,17+/m1/s1. The smallest absolute Gasteiger partial charge is 0.313 e. The van der Waals surface area contributed by atoms with Gasteiger partial charge in [0.15, 0.2) is 0 Å². The Kier molecular flexibility index (Phi) is 3.32. The third kappa shape index (κ3) is 2.46. The summed E-state index contributed by atoms with van der Waals surface area (Å²) in [5, 5.41) is 2.74. The van der Waals surface area contributed by atoms with Gasteiger partial charge in [-0.1, -0.05) is 24.3 Å². The molecule has 0 radical (unpaired) electrons. The Morgan fingerprint density at radius 1 is 1.43 bits per heavy atom. The van der Waals surface area contributed by atoms with Crippen LogP contribution in [0.15, 0.2) is 36.4 Å². The molecule has 1 aromatic rings. The minimum absolute atomic E-state index is 0.0860. The maximum absolute atomic E-state index is 12.2. The third-order valence-corrected chi connectivity index (χ3v) is 4.50. The van der Waals surface area contributed by atoms with Gasteiger partial charge in [-0.3, -0.25) is 9.59 Å². The summed E-state index contributed by atoms with van der Waals surface area (Å²) in [5.41, 5.74) is 2.58. The lowest BCUT2D eigenvalue weighted by Gasteiger charge is -2.24. The van der Waals surface area contributed by atoms with Crippen molar-refractivity contribution in [2.24, 2.45) is 11.3 Å². The average Bonchev–Trinajstić information content (AvgIpc) is 2.88. The van der Waals surface area contributed by atoms with Crippen molar-refractivity contribution in [2.45, 2.75) is 26.2 Å². The molecule has 1 aliphatic heterocycles. The van der Waals surface area contributed by atoms with Crippen LogP contribution in [0.3, 0.4) is 0 Å². The van der Waals surface area contributed by atoms with Crippen LogP contribution in [0.25, 0.3) is 0 Å². The van der Waals surface area contributed by atoms with Gasteiger partial charge in [-0.15, -0.1) is 0 Å². The van der Waals surface area contributed by atoms with E-state index in [9.17, 15) is 9.59 Å². The second kappa shape index (κ2) is 5.02. The molecule has 2 fully saturated rings. The lowest BCUT2D eigenvalue weighted by atomic mass is 9.75. The molecular weight excluding hydrogens is 266 g/mol. The molecule has 1 saturated heterocycles. The lowest BCUT2D eigenvalue weighted by Crippen LogP contribution is -2.31. The molecular formula is C17H19NO3. The van der Waals surface area contributed by atoms with Crippen LogP contribution in [-0.4, -0.2) is 18.5 Å². The molecule has 3 rings (SSSR count). The summed E-state index contributed by atoms with van der Waals surface area (Å²) in [6.45, 7) is 6.05. The molecule has 0 bridgehead atoms. The van der Waals surface area contributed by atoms with Crippen molar-refractivity contribution in [2.75, 3.05) is 11.9 Å². The van der Waals surface area contributed by atoms with E-state index in [2.05, 4.69) is 11.9 Å². The third-order valence-electron chi connectivity index (χ3n) is 4.50. The summed E-state index contributed by atoms with van der Waals surface area (Å²) in [4.78, 5) is 23.2. The van der Waals surface area contributed by atoms with Gasteiger partial charge in [0.1, 0.15) is 0 Å². The molecule has 0 spiro atoms. The maximum Gasteiger partial charge on any atom is 0.313 e. The number of benzene rings is 1. The van der Waals surface area contributed by atoms with Gasteiger partial charge in [-0.25, -0.2) is 0 Å². The van der Waals surface area contributed by atoms with E-state index in [0.717, 1.165) is 29.7 Å². The molecule has 1 N–H and O–H groups in total. The van der Waals surface area contributed by atoms with Gasteiger partial charge in [-0.05, 0) is 37.0 Å². The number of hydrogen-bond donors (Lipinski definition) is 1. The summed E-state index contributed by atoms with van der Waals surface area (Å²) in [6.07, 6.45) is 2.29. The first kappa shape index (κ1) is 13.9. The van der Waals surface area contributed by atoms with Crippen LogP contribution >= 0.6 is 0 Å². The fourth-order valence-corrected chi connectivity index (χ4v) is 3.54. The molecule has 4 heteroatoms. The topological polar surface area (TPSA) is 55.4 Å². The number of carbonyl (C=O) groups is 2. The van der Waals surface area contributed by atoms with Crippen molar-refractivity contribution < 1.29 is 14.3 Å². The van der Waals surface area contributed by atoms with E-state index in [1.807, 2.05) is 24.3 Å². The zero-order chi connectivity index (χ0) is 15.0. The first-order valence-electron chi connectivity index (χ1n) is 7.20. The van der Waals surface area contributed by atoms with Crippen LogP contribution in [0.1, 0.15) is 25.3 Å². The molecule has 21 heavy (non-hydrogen) atoms. The second-order valence-corrected chi connectivity index (χ2v) is 6.14. The Bertz CT molecular complexity index is 605. The van der Waals surface area contributed by atoms with E-state index < -0.39 is 5.41 Å². The molecule has 1 aliphatic carbocycles. The summed E-state index contributed by atoms with van der Waals surface area (Å²) >= 11 is 0. The Balaban J connectivity index is 1.80. The predicted octanol–water partition coefficient (Wildman–Crippen LogP) is 2.70. The minimum Gasteiger partial charge on any atom is -0.465 e. The normalized spacial score (nSPS) is 27.4. The van der Waals surface area contributed by atoms with Crippen molar-refractivity contribution in [1.82, 2.24) is 0 Å². The van der Waals surface area contributed by atoms with Crippen molar-refractivity contribution >= 4 is 17.6 Å². The van der Waals surface area contributed by atoms with Crippen LogP contribution in [0.2, 0.25) is 0 Å². The summed E-state index contributed by atoms with van der Waals surface area (Å²) in [5.74, 6) is 0.0810. The van der Waals surface area contributed by atoms with Crippen molar-refractivity contribution in [1.29, 1.82) is 0 Å². The van der Waals surface area contributed by atoms with Crippen LogP contribution < -0.4 is 5.32 Å². The highest BCUT2D eigenvalue weighted by Crippen LogP contribution is 2.52. The molecule has 1 saturated carbocycles. The maximum atomic E-state index is 12.2. The fourth-order valence-electron chi connectivity index (χ4n) is 3.54. The Hall–Kier alpha value is -2.10. The van der Waals surface area contributed by atoms with Gasteiger partial charge >= 0.3 is 5.97 Å². The molecule has 0 aromatic heterocycles. The van der Waals surface area contributed by atoms with Gasteiger partial charge < -0.3 is 10.1 Å². The summed E-state index contributed by atoms with van der Waals surface area (Å²) < 4.78 is 5.28. The van der Waals surface area contributed by atoms with Crippen molar-refractivity contribution in [3.05, 3.63) is 42.0 Å². The van der Waals surface area contributed by atoms with Gasteiger partial charge in [0.05, 0.1) is 12.0 Å². The highest BCUT2D eigenvalue weighted by Gasteiger charge is 2.55. The number of esters is 1. The van der Waals surface area contributed by atoms with Crippen LogP contribution in [0.4, 0.5) is 5.69 Å².